The van der Waals surface area contributed by atoms with Gasteiger partial charge in [-0.05, 0) is 35.4 Å². The van der Waals surface area contributed by atoms with Crippen molar-refractivity contribution in [3.8, 4) is 5.75 Å². The number of hydrogen-bond donors (Lipinski definition) is 3. The Labute approximate surface area is 118 Å². The molecule has 0 aliphatic carbocycles. The van der Waals surface area contributed by atoms with Crippen molar-refractivity contribution in [3.63, 3.8) is 0 Å². The van der Waals surface area contributed by atoms with Crippen molar-refractivity contribution in [2.24, 2.45) is 5.73 Å². The van der Waals surface area contributed by atoms with E-state index in [1.165, 1.54) is 0 Å². The van der Waals surface area contributed by atoms with E-state index in [9.17, 15) is 0 Å². The molecule has 0 radical (unpaired) electrons. The summed E-state index contributed by atoms with van der Waals surface area (Å²) in [5.41, 5.74) is 14.9. The fraction of sp³-hybridized carbons (Fsp3) is 0.267. The summed E-state index contributed by atoms with van der Waals surface area (Å²) >= 11 is 0. The van der Waals surface area contributed by atoms with Crippen LogP contribution in [0, 0.1) is 0 Å². The maximum absolute atomic E-state index is 6.20. The van der Waals surface area contributed by atoms with Crippen molar-refractivity contribution in [1.82, 2.24) is 15.8 Å². The Bertz CT molecular complexity index is 575. The number of nitrogens with one attached hydrogen (secondary N) is 2. The van der Waals surface area contributed by atoms with Gasteiger partial charge in [-0.15, -0.1) is 0 Å². The molecule has 0 spiro atoms. The first-order valence-electron chi connectivity index (χ1n) is 6.60. The molecule has 1 saturated heterocycles. The number of hydrazine groups is 1. The number of nitrogens with zero attached hydrogens (tertiary/aromatic N) is 1. The highest BCUT2D eigenvalue weighted by atomic mass is 16.5. The van der Waals surface area contributed by atoms with Crippen LogP contribution in [-0.2, 0) is 0 Å². The molecule has 3 atom stereocenters. The lowest BCUT2D eigenvalue weighted by Gasteiger charge is -2.22. The zero-order chi connectivity index (χ0) is 13.9. The van der Waals surface area contributed by atoms with Crippen LogP contribution in [0.3, 0.4) is 0 Å². The Kier molecular flexibility index (Phi) is 3.64. The molecule has 104 valence electrons. The first kappa shape index (κ1) is 13.1. The molecule has 4 N–H and O–H groups in total. The van der Waals surface area contributed by atoms with Crippen LogP contribution in [0.25, 0.3) is 0 Å². The van der Waals surface area contributed by atoms with Crippen molar-refractivity contribution < 1.29 is 4.74 Å². The number of aromatic nitrogens is 1. The van der Waals surface area contributed by atoms with Gasteiger partial charge in [0.25, 0.3) is 0 Å². The fourth-order valence-corrected chi connectivity index (χ4v) is 2.68. The third-order valence-electron chi connectivity index (χ3n) is 3.70. The second-order valence-corrected chi connectivity index (χ2v) is 4.88. The normalized spacial score (nSPS) is 25.6. The second kappa shape index (κ2) is 5.58. The molecule has 1 fully saturated rings. The van der Waals surface area contributed by atoms with Crippen LogP contribution in [0.1, 0.15) is 23.1 Å². The Morgan fingerprint density at radius 1 is 1.10 bits per heavy atom. The van der Waals surface area contributed by atoms with E-state index in [0.717, 1.165) is 16.9 Å². The van der Waals surface area contributed by atoms with Crippen LogP contribution >= 0.6 is 0 Å². The van der Waals surface area contributed by atoms with Crippen molar-refractivity contribution in [2.45, 2.75) is 18.1 Å². The molecule has 2 aromatic rings. The quantitative estimate of drug-likeness (QED) is 0.784. The van der Waals surface area contributed by atoms with Crippen LogP contribution in [0.15, 0.2) is 48.8 Å². The molecule has 0 amide bonds. The van der Waals surface area contributed by atoms with E-state index in [0.29, 0.717) is 0 Å². The average molecular weight is 270 g/mol. The molecule has 5 heteroatoms. The summed E-state index contributed by atoms with van der Waals surface area (Å²) in [6.45, 7) is 0. The molecular formula is C15H18N4O. The number of benzene rings is 1. The number of methoxy groups -OCH3 is 1. The van der Waals surface area contributed by atoms with Crippen molar-refractivity contribution in [2.75, 3.05) is 7.11 Å². The minimum absolute atomic E-state index is 0.111. The average Bonchev–Trinajstić information content (AvgIpc) is 2.90. The molecule has 1 aliphatic rings. The van der Waals surface area contributed by atoms with E-state index in [1.807, 2.05) is 30.3 Å². The molecule has 2 heterocycles. The summed E-state index contributed by atoms with van der Waals surface area (Å²) in [4.78, 5) is 4.06. The number of pyridine rings is 1. The van der Waals surface area contributed by atoms with Crippen molar-refractivity contribution in [1.29, 1.82) is 0 Å². The fourth-order valence-electron chi connectivity index (χ4n) is 2.68. The van der Waals surface area contributed by atoms with Gasteiger partial charge in [0.2, 0.25) is 0 Å². The highest BCUT2D eigenvalue weighted by molar-refractivity contribution is 5.35. The van der Waals surface area contributed by atoms with E-state index in [-0.39, 0.29) is 18.1 Å². The van der Waals surface area contributed by atoms with Crippen molar-refractivity contribution in [3.05, 3.63) is 59.9 Å². The van der Waals surface area contributed by atoms with Crippen LogP contribution in [-0.4, -0.2) is 18.3 Å². The van der Waals surface area contributed by atoms with Gasteiger partial charge in [-0.3, -0.25) is 4.98 Å². The first-order valence-corrected chi connectivity index (χ1v) is 6.60. The van der Waals surface area contributed by atoms with E-state index in [2.05, 4.69) is 21.9 Å². The number of hydrogen-bond acceptors (Lipinski definition) is 5. The van der Waals surface area contributed by atoms with Crippen LogP contribution in [0.5, 0.6) is 5.75 Å². The lowest BCUT2D eigenvalue weighted by molar-refractivity contribution is 0.413. The lowest BCUT2D eigenvalue weighted by Crippen LogP contribution is -2.38. The Morgan fingerprint density at radius 3 is 2.65 bits per heavy atom. The largest absolute Gasteiger partial charge is 0.497 e. The number of rotatable bonds is 3. The van der Waals surface area contributed by atoms with E-state index >= 15 is 0 Å². The summed E-state index contributed by atoms with van der Waals surface area (Å²) in [6.07, 6.45) is 3.44. The second-order valence-electron chi connectivity index (χ2n) is 4.88. The number of ether oxygens (including phenoxy) is 1. The Balaban J connectivity index is 1.96. The number of nitrogens with two attached hydrogens (primary N) is 1. The molecule has 1 aromatic carbocycles. The zero-order valence-corrected chi connectivity index (χ0v) is 11.3. The smallest absolute Gasteiger partial charge is 0.119 e. The predicted molar refractivity (Wildman–Crippen MR) is 77.0 cm³/mol. The molecule has 3 unspecified atom stereocenters. The Hall–Kier alpha value is -1.95. The molecule has 1 aromatic heterocycles. The summed E-state index contributed by atoms with van der Waals surface area (Å²) in [5, 5.41) is 0. The Morgan fingerprint density at radius 2 is 1.90 bits per heavy atom. The predicted octanol–water partition coefficient (Wildman–Crippen LogP) is 1.31. The van der Waals surface area contributed by atoms with Gasteiger partial charge < -0.3 is 10.5 Å². The molecular weight excluding hydrogens is 252 g/mol. The van der Waals surface area contributed by atoms with Crippen LogP contribution < -0.4 is 21.3 Å². The van der Waals surface area contributed by atoms with Crippen LogP contribution in [0.4, 0.5) is 0 Å². The summed E-state index contributed by atoms with van der Waals surface area (Å²) < 4.78 is 5.30. The van der Waals surface area contributed by atoms with Gasteiger partial charge in [0.1, 0.15) is 5.75 Å². The van der Waals surface area contributed by atoms with Gasteiger partial charge in [-0.1, -0.05) is 12.1 Å². The topological polar surface area (TPSA) is 72.2 Å². The first-order chi connectivity index (χ1) is 9.79. The molecule has 3 rings (SSSR count). The van der Waals surface area contributed by atoms with Gasteiger partial charge >= 0.3 is 0 Å². The molecule has 20 heavy (non-hydrogen) atoms. The minimum Gasteiger partial charge on any atom is -0.497 e. The highest BCUT2D eigenvalue weighted by Gasteiger charge is 2.35. The van der Waals surface area contributed by atoms with E-state index in [1.54, 1.807) is 19.5 Å². The van der Waals surface area contributed by atoms with E-state index in [4.69, 9.17) is 10.5 Å². The minimum atomic E-state index is -0.153. The summed E-state index contributed by atoms with van der Waals surface area (Å²) in [7, 11) is 1.67. The van der Waals surface area contributed by atoms with Crippen molar-refractivity contribution >= 4 is 0 Å². The monoisotopic (exact) mass is 270 g/mol. The van der Waals surface area contributed by atoms with Gasteiger partial charge in [0, 0.05) is 18.3 Å². The highest BCUT2D eigenvalue weighted by Crippen LogP contribution is 2.36. The van der Waals surface area contributed by atoms with Gasteiger partial charge in [-0.2, -0.15) is 0 Å². The standard InChI is InChI=1S/C15H18N4O/c1-20-12-4-2-3-11(9-12)13-14(18-19-15(13)16)10-5-7-17-8-6-10/h2-9,13-15,18-19H,16H2,1H3. The zero-order valence-electron chi connectivity index (χ0n) is 11.3. The molecule has 1 aliphatic heterocycles. The van der Waals surface area contributed by atoms with Gasteiger partial charge in [-0.25, -0.2) is 10.9 Å². The van der Waals surface area contributed by atoms with Gasteiger partial charge in [0.15, 0.2) is 0 Å². The van der Waals surface area contributed by atoms with Gasteiger partial charge in [0.05, 0.1) is 19.3 Å². The molecule has 5 nitrogen and oxygen atoms in total. The third kappa shape index (κ3) is 2.38. The molecule has 0 bridgehead atoms. The van der Waals surface area contributed by atoms with E-state index < -0.39 is 0 Å². The molecule has 0 saturated carbocycles. The SMILES string of the molecule is COc1cccc(C2C(N)NNC2c2ccncc2)c1. The summed E-state index contributed by atoms with van der Waals surface area (Å²) in [5.74, 6) is 0.975. The maximum Gasteiger partial charge on any atom is 0.119 e. The summed E-state index contributed by atoms with van der Waals surface area (Å²) in [6, 6.07) is 12.2. The maximum atomic E-state index is 6.20. The third-order valence-corrected chi connectivity index (χ3v) is 3.70. The van der Waals surface area contributed by atoms with Crippen LogP contribution in [0.2, 0.25) is 0 Å². The lowest BCUT2D eigenvalue weighted by atomic mass is 9.87.